The van der Waals surface area contributed by atoms with Crippen LogP contribution in [-0.2, 0) is 28.7 Å². The number of nitrogens with one attached hydrogen (secondary N) is 2. The quantitative estimate of drug-likeness (QED) is 0.152. The molecule has 0 aromatic heterocycles. The first-order valence-electron chi connectivity index (χ1n) is 6.37. The predicted molar refractivity (Wildman–Crippen MR) is 79.7 cm³/mol. The van der Waals surface area contributed by atoms with Crippen LogP contribution in [0.1, 0.15) is 6.92 Å². The molecule has 0 aliphatic rings. The van der Waals surface area contributed by atoms with E-state index in [2.05, 4.69) is 27.0 Å². The molecule has 0 heterocycles. The number of amides is 2. The van der Waals surface area contributed by atoms with Crippen LogP contribution < -0.4 is 10.6 Å². The van der Waals surface area contributed by atoms with Gasteiger partial charge in [-0.15, -0.1) is 11.8 Å². The van der Waals surface area contributed by atoms with E-state index in [1.807, 2.05) is 0 Å². The zero-order chi connectivity index (χ0) is 17.0. The molecular formula is C11H18N2O6PS+. The molecule has 0 spiro atoms. The highest BCUT2D eigenvalue weighted by molar-refractivity contribution is 8.03. The summed E-state index contributed by atoms with van der Waals surface area (Å²) in [5.41, 5.74) is 0.350. The third kappa shape index (κ3) is 9.97. The lowest BCUT2D eigenvalue weighted by atomic mass is 10.6. The highest BCUT2D eigenvalue weighted by Crippen LogP contribution is 2.15. The van der Waals surface area contributed by atoms with E-state index >= 15 is 0 Å². The number of hydrogen-bond donors (Lipinski definition) is 2. The molecular weight excluding hydrogens is 319 g/mol. The molecule has 0 rings (SSSR count). The summed E-state index contributed by atoms with van der Waals surface area (Å²) in [5, 5.41) is 4.61. The highest BCUT2D eigenvalue weighted by Gasteiger charge is 2.14. The van der Waals surface area contributed by atoms with Gasteiger partial charge in [-0.2, -0.15) is 0 Å². The van der Waals surface area contributed by atoms with E-state index < -0.39 is 32.3 Å². The van der Waals surface area contributed by atoms with Crippen LogP contribution in [0.4, 0.5) is 0 Å². The van der Waals surface area contributed by atoms with Gasteiger partial charge in [0.2, 0.25) is 6.61 Å². The number of carbonyl (C=O) groups is 4. The number of esters is 2. The molecule has 0 aliphatic heterocycles. The Bertz CT molecular complexity index is 412. The maximum Gasteiger partial charge on any atom is 0.400 e. The van der Waals surface area contributed by atoms with Crippen molar-refractivity contribution < 1.29 is 28.7 Å². The Morgan fingerprint density at radius 1 is 1.19 bits per heavy atom. The molecule has 118 valence electrons. The Balaban J connectivity index is 3.76. The third-order valence-corrected chi connectivity index (χ3v) is 3.94. The summed E-state index contributed by atoms with van der Waals surface area (Å²) in [6.45, 7) is 4.83. The van der Waals surface area contributed by atoms with Gasteiger partial charge in [0, 0.05) is 11.8 Å². The molecule has 1 unspecified atom stereocenters. The first kappa shape index (κ1) is 17.6. The van der Waals surface area contributed by atoms with Gasteiger partial charge in [-0.05, 0) is 6.92 Å². The van der Waals surface area contributed by atoms with Crippen LogP contribution >= 0.6 is 20.3 Å². The summed E-state index contributed by atoms with van der Waals surface area (Å²) < 4.78 is 16.6. The number of ether oxygens (including phenoxy) is 2. The number of carbonyl (C=O) groups excluding carboxylic acids is 4. The van der Waals surface area contributed by atoms with Crippen molar-refractivity contribution in [3.63, 3.8) is 0 Å². The molecule has 1 atom stereocenters. The molecule has 8 nitrogen and oxygen atoms in total. The van der Waals surface area contributed by atoms with Crippen molar-refractivity contribution in [1.29, 1.82) is 1.28 Å². The van der Waals surface area contributed by atoms with Crippen LogP contribution in [0.5, 0.6) is 0 Å². The maximum absolute atomic E-state index is 11.2. The van der Waals surface area contributed by atoms with Gasteiger partial charge in [0.15, 0.2) is 0 Å². The lowest BCUT2D eigenvalue weighted by Gasteiger charge is -2.05. The molecule has 0 aromatic rings. The Kier molecular flexibility index (Phi) is 10.3. The Hall–Kier alpha value is -1.47. The summed E-state index contributed by atoms with van der Waals surface area (Å²) >= 11 is 1.21. The van der Waals surface area contributed by atoms with Gasteiger partial charge in [-0.3, -0.25) is 9.59 Å². The van der Waals surface area contributed by atoms with Crippen LogP contribution in [0.15, 0.2) is 0 Å². The van der Waals surface area contributed by atoms with Gasteiger partial charge in [0.05, 0.1) is 13.8 Å². The molecule has 10 heteroatoms. The zero-order valence-corrected chi connectivity index (χ0v) is 13.3. The lowest BCUT2D eigenvalue weighted by Crippen LogP contribution is -2.32. The van der Waals surface area contributed by atoms with Crippen molar-refractivity contribution in [2.24, 2.45) is 0 Å². The van der Waals surface area contributed by atoms with Gasteiger partial charge >= 0.3 is 23.8 Å². The van der Waals surface area contributed by atoms with Gasteiger partial charge in [-0.25, -0.2) is 9.59 Å². The average Bonchev–Trinajstić information content (AvgIpc) is 2.49. The minimum atomic E-state index is -1.30. The SMILES string of the molecule is [2H]P(CNC(=O)C(=O)OCC)CSCNC(=O)C(=O)OC[CH2+]. The molecule has 2 N–H and O–H groups in total. The van der Waals surface area contributed by atoms with E-state index in [1.54, 1.807) is 6.92 Å². The van der Waals surface area contributed by atoms with E-state index in [0.29, 0.717) is 5.49 Å². The van der Waals surface area contributed by atoms with Crippen LogP contribution in [0, 0.1) is 6.92 Å². The molecule has 2 amide bonds. The van der Waals surface area contributed by atoms with Gasteiger partial charge in [-0.1, -0.05) is 8.53 Å². The standard InChI is InChI=1S/C11H17N2O6PS/c1-3-18-10(16)8(14)12-5-20-7-21-6-13-9(15)11(17)19-4-2/h20H,2-7H2,1H3,(H-,12,13,14,15)/p+1/i20D. The second-order valence-corrected chi connectivity index (χ2v) is 5.72. The van der Waals surface area contributed by atoms with Crippen molar-refractivity contribution in [2.45, 2.75) is 6.92 Å². The van der Waals surface area contributed by atoms with E-state index in [-0.39, 0.29) is 25.4 Å². The van der Waals surface area contributed by atoms with E-state index in [1.165, 1.54) is 11.8 Å². The van der Waals surface area contributed by atoms with Crippen LogP contribution in [0.3, 0.4) is 0 Å². The summed E-state index contributed by atoms with van der Waals surface area (Å²) in [6, 6.07) is 0. The molecule has 0 saturated heterocycles. The summed E-state index contributed by atoms with van der Waals surface area (Å²) in [6.07, 6.45) is 0.0392. The van der Waals surface area contributed by atoms with Crippen molar-refractivity contribution in [3.8, 4) is 0 Å². The predicted octanol–water partition coefficient (Wildman–Crippen LogP) is -0.557. The smallest absolute Gasteiger partial charge is 0.400 e. The van der Waals surface area contributed by atoms with Crippen LogP contribution in [0.2, 0.25) is 0 Å². The van der Waals surface area contributed by atoms with E-state index in [0.717, 1.165) is 0 Å². The molecule has 0 radical (unpaired) electrons. The van der Waals surface area contributed by atoms with Gasteiger partial charge in [0.25, 0.3) is 0 Å². The summed E-state index contributed by atoms with van der Waals surface area (Å²) in [5.74, 6) is -3.61. The molecule has 0 aromatic carbocycles. The second-order valence-electron chi connectivity index (χ2n) is 3.23. The largest absolute Gasteiger partial charge is 0.459 e. The normalized spacial score (nSPS) is 11.8. The Morgan fingerprint density at radius 3 is 2.43 bits per heavy atom. The van der Waals surface area contributed by atoms with E-state index in [4.69, 9.17) is 1.28 Å². The fraction of sp³-hybridized carbons (Fsp3) is 0.545. The zero-order valence-electron chi connectivity index (χ0n) is 12.5. The molecule has 0 fully saturated rings. The number of thioether (sulfide) groups is 1. The summed E-state index contributed by atoms with van der Waals surface area (Å²) in [4.78, 5) is 44.3. The van der Waals surface area contributed by atoms with Crippen molar-refractivity contribution >= 4 is 44.0 Å². The van der Waals surface area contributed by atoms with Crippen molar-refractivity contribution in [2.75, 3.05) is 30.9 Å². The second kappa shape index (κ2) is 12.3. The molecule has 0 bridgehead atoms. The third-order valence-electron chi connectivity index (χ3n) is 1.75. The lowest BCUT2D eigenvalue weighted by molar-refractivity contribution is -0.154. The van der Waals surface area contributed by atoms with Crippen LogP contribution in [-0.4, -0.2) is 55.9 Å². The maximum atomic E-state index is 11.2. The molecule has 21 heavy (non-hydrogen) atoms. The number of rotatable bonds is 8. The Morgan fingerprint density at radius 2 is 1.81 bits per heavy atom. The highest BCUT2D eigenvalue weighted by atomic mass is 32.2. The fourth-order valence-corrected chi connectivity index (χ4v) is 2.63. The minimum Gasteiger partial charge on any atom is -0.459 e. The Labute approximate surface area is 130 Å². The average molecular weight is 338 g/mol. The van der Waals surface area contributed by atoms with E-state index in [9.17, 15) is 19.2 Å². The van der Waals surface area contributed by atoms with Crippen molar-refractivity contribution in [3.05, 3.63) is 6.92 Å². The van der Waals surface area contributed by atoms with Gasteiger partial charge in [0.1, 0.15) is 6.92 Å². The topological polar surface area (TPSA) is 111 Å². The number of hydrogen-bond acceptors (Lipinski definition) is 7. The van der Waals surface area contributed by atoms with Gasteiger partial charge < -0.3 is 20.1 Å². The summed E-state index contributed by atoms with van der Waals surface area (Å²) in [7, 11) is -1.30. The molecule has 0 saturated carbocycles. The first-order valence-corrected chi connectivity index (χ1v) is 8.35. The fourth-order valence-electron chi connectivity index (χ4n) is 0.899. The van der Waals surface area contributed by atoms with Crippen LogP contribution in [0.25, 0.3) is 0 Å². The van der Waals surface area contributed by atoms with Crippen molar-refractivity contribution in [1.82, 2.24) is 10.6 Å². The monoisotopic (exact) mass is 338 g/mol. The first-order chi connectivity index (χ1) is 10.4. The minimum absolute atomic E-state index is 0.0392. The molecule has 0 aliphatic carbocycles.